The number of benzene rings is 1. The van der Waals surface area contributed by atoms with Crippen LogP contribution in [-0.2, 0) is 4.79 Å². The van der Waals surface area contributed by atoms with E-state index in [-0.39, 0.29) is 0 Å². The van der Waals surface area contributed by atoms with Gasteiger partial charge in [-0.2, -0.15) is 0 Å². The molecule has 0 amide bonds. The summed E-state index contributed by atoms with van der Waals surface area (Å²) in [5.41, 5.74) is 3.00. The molecule has 0 atom stereocenters. The van der Waals surface area contributed by atoms with Gasteiger partial charge in [0.1, 0.15) is 5.75 Å². The first-order valence-corrected chi connectivity index (χ1v) is 5.55. The average molecular weight is 234 g/mol. The fourth-order valence-corrected chi connectivity index (χ4v) is 1.68. The van der Waals surface area contributed by atoms with E-state index >= 15 is 0 Å². The lowest BCUT2D eigenvalue weighted by Gasteiger charge is -2.14. The number of aryl methyl sites for hydroxylation is 1. The van der Waals surface area contributed by atoms with Gasteiger partial charge in [0, 0.05) is 6.08 Å². The van der Waals surface area contributed by atoms with Gasteiger partial charge in [0.05, 0.1) is 7.11 Å². The summed E-state index contributed by atoms with van der Waals surface area (Å²) < 4.78 is 5.33. The quantitative estimate of drug-likeness (QED) is 0.813. The van der Waals surface area contributed by atoms with E-state index in [2.05, 4.69) is 13.8 Å². The van der Waals surface area contributed by atoms with Gasteiger partial charge in [-0.3, -0.25) is 0 Å². The van der Waals surface area contributed by atoms with Gasteiger partial charge in [-0.05, 0) is 47.7 Å². The van der Waals surface area contributed by atoms with Crippen molar-refractivity contribution in [1.82, 2.24) is 0 Å². The molecule has 17 heavy (non-hydrogen) atoms. The minimum atomic E-state index is -0.939. The molecule has 0 heterocycles. The number of carbonyl (C=O) groups is 1. The van der Waals surface area contributed by atoms with E-state index in [0.717, 1.165) is 28.5 Å². The molecule has 1 aromatic rings. The van der Waals surface area contributed by atoms with Gasteiger partial charge in [0.15, 0.2) is 0 Å². The van der Waals surface area contributed by atoms with Crippen molar-refractivity contribution >= 4 is 12.0 Å². The minimum absolute atomic E-state index is 0.336. The van der Waals surface area contributed by atoms with E-state index in [0.29, 0.717) is 5.92 Å². The molecule has 0 aromatic heterocycles. The van der Waals surface area contributed by atoms with Gasteiger partial charge >= 0.3 is 5.97 Å². The Bertz CT molecular complexity index is 445. The molecule has 1 rings (SSSR count). The van der Waals surface area contributed by atoms with Crippen LogP contribution in [0.2, 0.25) is 0 Å². The summed E-state index contributed by atoms with van der Waals surface area (Å²) in [4.78, 5) is 10.5. The van der Waals surface area contributed by atoms with Crippen molar-refractivity contribution in [3.05, 3.63) is 34.9 Å². The second-order valence-electron chi connectivity index (χ2n) is 4.28. The number of carboxylic acid groups (broad SMARTS) is 1. The fourth-order valence-electron chi connectivity index (χ4n) is 1.68. The Hall–Kier alpha value is -1.77. The maximum atomic E-state index is 10.5. The van der Waals surface area contributed by atoms with E-state index in [1.165, 1.54) is 0 Å². The van der Waals surface area contributed by atoms with Crippen LogP contribution in [0, 0.1) is 6.92 Å². The Balaban J connectivity index is 3.24. The van der Waals surface area contributed by atoms with Crippen LogP contribution in [0.15, 0.2) is 18.2 Å². The van der Waals surface area contributed by atoms with E-state index in [1.54, 1.807) is 13.2 Å². The zero-order valence-electron chi connectivity index (χ0n) is 10.7. The van der Waals surface area contributed by atoms with Crippen LogP contribution in [0.25, 0.3) is 6.08 Å². The average Bonchev–Trinajstić information content (AvgIpc) is 2.26. The Labute approximate surface area is 102 Å². The highest BCUT2D eigenvalue weighted by molar-refractivity contribution is 5.85. The number of hydrogen-bond donors (Lipinski definition) is 1. The third kappa shape index (κ3) is 3.34. The molecule has 3 nitrogen and oxygen atoms in total. The third-order valence-corrected chi connectivity index (χ3v) is 2.65. The fraction of sp³-hybridized carbons (Fsp3) is 0.357. The molecular formula is C14H18O3. The summed E-state index contributed by atoms with van der Waals surface area (Å²) >= 11 is 0. The number of rotatable bonds is 4. The van der Waals surface area contributed by atoms with Crippen LogP contribution < -0.4 is 4.74 Å². The first kappa shape index (κ1) is 13.3. The zero-order chi connectivity index (χ0) is 13.0. The number of hydrogen-bond acceptors (Lipinski definition) is 2. The number of carboxylic acids is 1. The predicted molar refractivity (Wildman–Crippen MR) is 68.5 cm³/mol. The molecular weight excluding hydrogens is 216 g/mol. The lowest BCUT2D eigenvalue weighted by atomic mass is 9.96. The van der Waals surface area contributed by atoms with Crippen molar-refractivity contribution in [3.63, 3.8) is 0 Å². The van der Waals surface area contributed by atoms with Crippen LogP contribution in [0.1, 0.15) is 36.5 Å². The minimum Gasteiger partial charge on any atom is -0.496 e. The van der Waals surface area contributed by atoms with Crippen LogP contribution >= 0.6 is 0 Å². The van der Waals surface area contributed by atoms with Crippen LogP contribution in [0.5, 0.6) is 5.75 Å². The second kappa shape index (κ2) is 5.53. The summed E-state index contributed by atoms with van der Waals surface area (Å²) in [6, 6.07) is 3.93. The second-order valence-corrected chi connectivity index (χ2v) is 4.28. The maximum absolute atomic E-state index is 10.5. The molecule has 0 saturated carbocycles. The molecule has 0 saturated heterocycles. The predicted octanol–water partition coefficient (Wildman–Crippen LogP) is 3.22. The van der Waals surface area contributed by atoms with Crippen molar-refractivity contribution in [3.8, 4) is 5.75 Å². The largest absolute Gasteiger partial charge is 0.496 e. The maximum Gasteiger partial charge on any atom is 0.328 e. The molecule has 3 heteroatoms. The van der Waals surface area contributed by atoms with E-state index in [9.17, 15) is 4.79 Å². The number of methoxy groups -OCH3 is 1. The molecule has 0 aliphatic carbocycles. The number of aliphatic carboxylic acids is 1. The normalized spacial score (nSPS) is 11.1. The van der Waals surface area contributed by atoms with Crippen molar-refractivity contribution in [2.24, 2.45) is 0 Å². The van der Waals surface area contributed by atoms with Crippen LogP contribution in [0.3, 0.4) is 0 Å². The topological polar surface area (TPSA) is 46.5 Å². The first-order chi connectivity index (χ1) is 7.95. The summed E-state index contributed by atoms with van der Waals surface area (Å²) in [5.74, 6) is 0.249. The lowest BCUT2D eigenvalue weighted by molar-refractivity contribution is -0.131. The van der Waals surface area contributed by atoms with Gasteiger partial charge in [0.2, 0.25) is 0 Å². The van der Waals surface area contributed by atoms with Crippen LogP contribution in [0.4, 0.5) is 0 Å². The Kier molecular flexibility index (Phi) is 4.32. The summed E-state index contributed by atoms with van der Waals surface area (Å²) in [6.45, 7) is 6.10. The molecule has 92 valence electrons. The molecule has 1 N–H and O–H groups in total. The SMILES string of the molecule is COc1cc(C)c(/C=C/C(=O)O)cc1C(C)C. The standard InChI is InChI=1S/C14H18O3/c1-9(2)12-8-11(5-6-14(15)16)10(3)7-13(12)17-4/h5-9H,1-4H3,(H,15,16)/b6-5+. The Morgan fingerprint density at radius 2 is 2.06 bits per heavy atom. The smallest absolute Gasteiger partial charge is 0.328 e. The van der Waals surface area contributed by atoms with E-state index in [4.69, 9.17) is 9.84 Å². The van der Waals surface area contributed by atoms with Gasteiger partial charge in [-0.1, -0.05) is 13.8 Å². The summed E-state index contributed by atoms with van der Waals surface area (Å²) in [6.07, 6.45) is 2.77. The first-order valence-electron chi connectivity index (χ1n) is 5.55. The third-order valence-electron chi connectivity index (χ3n) is 2.65. The van der Waals surface area contributed by atoms with Crippen molar-refractivity contribution in [2.75, 3.05) is 7.11 Å². The van der Waals surface area contributed by atoms with E-state index in [1.807, 2.05) is 19.1 Å². The zero-order valence-corrected chi connectivity index (χ0v) is 10.7. The van der Waals surface area contributed by atoms with E-state index < -0.39 is 5.97 Å². The molecule has 0 spiro atoms. The Morgan fingerprint density at radius 3 is 2.53 bits per heavy atom. The highest BCUT2D eigenvalue weighted by Crippen LogP contribution is 2.30. The molecule has 0 fully saturated rings. The van der Waals surface area contributed by atoms with Crippen LogP contribution in [-0.4, -0.2) is 18.2 Å². The van der Waals surface area contributed by atoms with Gasteiger partial charge in [-0.25, -0.2) is 4.79 Å². The highest BCUT2D eigenvalue weighted by atomic mass is 16.5. The monoisotopic (exact) mass is 234 g/mol. The lowest BCUT2D eigenvalue weighted by Crippen LogP contribution is -1.97. The van der Waals surface area contributed by atoms with Crippen molar-refractivity contribution in [1.29, 1.82) is 0 Å². The van der Waals surface area contributed by atoms with Crippen molar-refractivity contribution in [2.45, 2.75) is 26.7 Å². The van der Waals surface area contributed by atoms with Gasteiger partial charge < -0.3 is 9.84 Å². The summed E-state index contributed by atoms with van der Waals surface area (Å²) in [7, 11) is 1.65. The molecule has 0 radical (unpaired) electrons. The molecule has 0 aliphatic rings. The molecule has 1 aromatic carbocycles. The van der Waals surface area contributed by atoms with Gasteiger partial charge in [0.25, 0.3) is 0 Å². The Morgan fingerprint density at radius 1 is 1.41 bits per heavy atom. The molecule has 0 unspecified atom stereocenters. The summed E-state index contributed by atoms with van der Waals surface area (Å²) in [5, 5.41) is 8.63. The highest BCUT2D eigenvalue weighted by Gasteiger charge is 2.09. The molecule has 0 aliphatic heterocycles. The molecule has 0 bridgehead atoms. The van der Waals surface area contributed by atoms with Gasteiger partial charge in [-0.15, -0.1) is 0 Å². The van der Waals surface area contributed by atoms with Crippen molar-refractivity contribution < 1.29 is 14.6 Å². The number of ether oxygens (including phenoxy) is 1.